The Morgan fingerprint density at radius 1 is 1.12 bits per heavy atom. The molecule has 3 aromatic rings. The van der Waals surface area contributed by atoms with Crippen LogP contribution in [0.4, 0.5) is 19.1 Å². The summed E-state index contributed by atoms with van der Waals surface area (Å²) in [5.41, 5.74) is 0.582. The van der Waals surface area contributed by atoms with Crippen molar-refractivity contribution in [2.75, 3.05) is 5.32 Å². The van der Waals surface area contributed by atoms with Gasteiger partial charge < -0.3 is 5.32 Å². The Bertz CT molecular complexity index is 823. The van der Waals surface area contributed by atoms with E-state index >= 15 is 0 Å². The third-order valence-electron chi connectivity index (χ3n) is 3.12. The van der Waals surface area contributed by atoms with E-state index in [1.54, 1.807) is 12.3 Å². The molecule has 0 atom stereocenters. The lowest BCUT2D eigenvalue weighted by atomic mass is 10.1. The van der Waals surface area contributed by atoms with Crippen molar-refractivity contribution in [2.24, 2.45) is 0 Å². The largest absolute Gasteiger partial charge is 0.416 e. The van der Waals surface area contributed by atoms with Gasteiger partial charge in [-0.05, 0) is 18.2 Å². The monoisotopic (exact) mass is 332 g/mol. The van der Waals surface area contributed by atoms with Gasteiger partial charge in [0, 0.05) is 11.8 Å². The molecule has 0 saturated carbocycles. The number of anilines is 1. The van der Waals surface area contributed by atoms with E-state index in [1.165, 1.54) is 24.7 Å². The molecule has 2 heterocycles. The maximum Gasteiger partial charge on any atom is 0.416 e. The lowest BCUT2D eigenvalue weighted by Gasteiger charge is -2.09. The zero-order valence-electron chi connectivity index (χ0n) is 12.2. The number of alkyl halides is 3. The van der Waals surface area contributed by atoms with Gasteiger partial charge in [-0.1, -0.05) is 12.1 Å². The molecule has 0 radical (unpaired) electrons. The summed E-state index contributed by atoms with van der Waals surface area (Å²) in [5.74, 6) is 0.198. The second-order valence-corrected chi connectivity index (χ2v) is 4.80. The molecule has 122 valence electrons. The highest BCUT2D eigenvalue weighted by molar-refractivity contribution is 5.60. The van der Waals surface area contributed by atoms with Gasteiger partial charge in [-0.2, -0.15) is 18.3 Å². The van der Waals surface area contributed by atoms with Crippen LogP contribution >= 0.6 is 0 Å². The van der Waals surface area contributed by atoms with Crippen molar-refractivity contribution in [3.05, 3.63) is 60.3 Å². The molecular weight excluding hydrogens is 321 g/mol. The van der Waals surface area contributed by atoms with Crippen LogP contribution in [0, 0.1) is 0 Å². The maximum atomic E-state index is 12.8. The Kier molecular flexibility index (Phi) is 4.32. The molecule has 9 heteroatoms. The highest BCUT2D eigenvalue weighted by Gasteiger charge is 2.30. The summed E-state index contributed by atoms with van der Waals surface area (Å²) >= 11 is 0. The average Bonchev–Trinajstić information content (AvgIpc) is 2.60. The molecule has 0 bridgehead atoms. The van der Waals surface area contributed by atoms with Gasteiger partial charge in [-0.15, -0.1) is 5.10 Å². The van der Waals surface area contributed by atoms with Crippen molar-refractivity contribution in [3.8, 4) is 11.3 Å². The predicted molar refractivity (Wildman–Crippen MR) is 79.6 cm³/mol. The van der Waals surface area contributed by atoms with Gasteiger partial charge in [-0.25, -0.2) is 15.0 Å². The Labute approximate surface area is 134 Å². The van der Waals surface area contributed by atoms with Crippen molar-refractivity contribution < 1.29 is 13.2 Å². The highest BCUT2D eigenvalue weighted by atomic mass is 19.4. The molecule has 24 heavy (non-hydrogen) atoms. The van der Waals surface area contributed by atoms with E-state index in [1.807, 2.05) is 0 Å². The summed E-state index contributed by atoms with van der Waals surface area (Å²) in [7, 11) is 0. The van der Waals surface area contributed by atoms with E-state index < -0.39 is 11.7 Å². The van der Waals surface area contributed by atoms with E-state index in [2.05, 4.69) is 30.5 Å². The minimum atomic E-state index is -4.41. The highest BCUT2D eigenvalue weighted by Crippen LogP contribution is 2.31. The van der Waals surface area contributed by atoms with Crippen molar-refractivity contribution in [2.45, 2.75) is 12.7 Å². The summed E-state index contributed by atoms with van der Waals surface area (Å²) in [6.07, 6.45) is -0.0900. The molecule has 0 aliphatic rings. The zero-order valence-corrected chi connectivity index (χ0v) is 12.2. The molecule has 0 spiro atoms. The van der Waals surface area contributed by atoms with Crippen LogP contribution in [0.15, 0.2) is 49.1 Å². The Morgan fingerprint density at radius 2 is 2.00 bits per heavy atom. The van der Waals surface area contributed by atoms with Crippen molar-refractivity contribution in [1.29, 1.82) is 0 Å². The average molecular weight is 332 g/mol. The first-order valence-corrected chi connectivity index (χ1v) is 6.88. The third kappa shape index (κ3) is 3.80. The quantitative estimate of drug-likeness (QED) is 0.791. The van der Waals surface area contributed by atoms with Crippen LogP contribution in [0.25, 0.3) is 11.3 Å². The van der Waals surface area contributed by atoms with Crippen LogP contribution in [0.1, 0.15) is 11.3 Å². The fourth-order valence-electron chi connectivity index (χ4n) is 1.96. The number of hydrogen-bond acceptors (Lipinski definition) is 6. The molecule has 6 nitrogen and oxygen atoms in total. The molecule has 0 saturated heterocycles. The van der Waals surface area contributed by atoms with Gasteiger partial charge in [0.05, 0.1) is 29.7 Å². The predicted octanol–water partition coefficient (Wildman–Crippen LogP) is 2.96. The first kappa shape index (κ1) is 15.8. The SMILES string of the molecule is FC(F)(F)c1cccc(-c2cnnc(NCc3ccncn3)n2)c1. The van der Waals surface area contributed by atoms with E-state index in [9.17, 15) is 13.2 Å². The van der Waals surface area contributed by atoms with Crippen LogP contribution in [0.2, 0.25) is 0 Å². The summed E-state index contributed by atoms with van der Waals surface area (Å²) in [6.45, 7) is 0.343. The first-order valence-electron chi connectivity index (χ1n) is 6.88. The molecule has 0 aliphatic heterocycles. The van der Waals surface area contributed by atoms with Crippen LogP contribution < -0.4 is 5.32 Å². The molecule has 0 aliphatic carbocycles. The normalized spacial score (nSPS) is 11.3. The molecular formula is C15H11F3N6. The summed E-state index contributed by atoms with van der Waals surface area (Å²) in [5, 5.41) is 10.5. The molecule has 2 aromatic heterocycles. The first-order chi connectivity index (χ1) is 11.5. The third-order valence-corrected chi connectivity index (χ3v) is 3.12. The van der Waals surface area contributed by atoms with Crippen LogP contribution in [-0.4, -0.2) is 25.1 Å². The summed E-state index contributed by atoms with van der Waals surface area (Å²) in [6, 6.07) is 6.61. The standard InChI is InChI=1S/C15H11F3N6/c16-15(17,18)11-3-1-2-10(6-11)13-8-22-24-14(23-13)20-7-12-4-5-19-9-21-12/h1-6,8-9H,7H2,(H,20,23,24). The van der Waals surface area contributed by atoms with Crippen LogP contribution in [0.5, 0.6) is 0 Å². The van der Waals surface area contributed by atoms with Crippen molar-refractivity contribution >= 4 is 5.95 Å². The topological polar surface area (TPSA) is 76.5 Å². The number of aromatic nitrogens is 5. The van der Waals surface area contributed by atoms with Gasteiger partial charge in [0.2, 0.25) is 5.95 Å². The van der Waals surface area contributed by atoms with E-state index in [0.29, 0.717) is 17.8 Å². The lowest BCUT2D eigenvalue weighted by molar-refractivity contribution is -0.137. The van der Waals surface area contributed by atoms with E-state index in [0.717, 1.165) is 17.8 Å². The minimum absolute atomic E-state index is 0.198. The summed E-state index contributed by atoms with van der Waals surface area (Å²) < 4.78 is 38.4. The van der Waals surface area contributed by atoms with Crippen molar-refractivity contribution in [1.82, 2.24) is 25.1 Å². The zero-order chi connectivity index (χ0) is 17.0. The number of benzene rings is 1. The summed E-state index contributed by atoms with van der Waals surface area (Å²) in [4.78, 5) is 12.0. The fourth-order valence-corrected chi connectivity index (χ4v) is 1.96. The fraction of sp³-hybridized carbons (Fsp3) is 0.133. The Hall–Kier alpha value is -3.10. The van der Waals surface area contributed by atoms with Crippen LogP contribution in [-0.2, 0) is 12.7 Å². The smallest absolute Gasteiger partial charge is 0.347 e. The van der Waals surface area contributed by atoms with Gasteiger partial charge in [-0.3, -0.25) is 0 Å². The number of nitrogens with one attached hydrogen (secondary N) is 1. The van der Waals surface area contributed by atoms with Gasteiger partial charge >= 0.3 is 6.18 Å². The molecule has 1 aromatic carbocycles. The Morgan fingerprint density at radius 3 is 2.75 bits per heavy atom. The van der Waals surface area contributed by atoms with E-state index in [-0.39, 0.29) is 5.95 Å². The van der Waals surface area contributed by atoms with Gasteiger partial charge in [0.15, 0.2) is 0 Å². The molecule has 0 fully saturated rings. The number of nitrogens with zero attached hydrogens (tertiary/aromatic N) is 5. The number of hydrogen-bond donors (Lipinski definition) is 1. The Balaban J connectivity index is 1.80. The molecule has 3 rings (SSSR count). The van der Waals surface area contributed by atoms with E-state index in [4.69, 9.17) is 0 Å². The molecule has 0 unspecified atom stereocenters. The van der Waals surface area contributed by atoms with Crippen LogP contribution in [0.3, 0.4) is 0 Å². The van der Waals surface area contributed by atoms with Crippen molar-refractivity contribution in [3.63, 3.8) is 0 Å². The molecule has 1 N–H and O–H groups in total. The van der Waals surface area contributed by atoms with Gasteiger partial charge in [0.25, 0.3) is 0 Å². The maximum absolute atomic E-state index is 12.8. The second kappa shape index (κ2) is 6.57. The van der Waals surface area contributed by atoms with Gasteiger partial charge in [0.1, 0.15) is 6.33 Å². The molecule has 0 amide bonds. The number of rotatable bonds is 4. The second-order valence-electron chi connectivity index (χ2n) is 4.80. The lowest BCUT2D eigenvalue weighted by Crippen LogP contribution is -2.07. The minimum Gasteiger partial charge on any atom is -0.347 e. The number of halogens is 3.